The van der Waals surface area contributed by atoms with E-state index in [1.165, 1.54) is 4.88 Å². The number of nitrogens with one attached hydrogen (secondary N) is 1. The fraction of sp³-hybridized carbons (Fsp3) is 0.667. The van der Waals surface area contributed by atoms with E-state index in [9.17, 15) is 13.2 Å². The van der Waals surface area contributed by atoms with Gasteiger partial charge in [0.1, 0.15) is 0 Å². The minimum absolute atomic E-state index is 0.164. The lowest BCUT2D eigenvalue weighted by Crippen LogP contribution is -2.44. The zero-order chi connectivity index (χ0) is 14.8. The van der Waals surface area contributed by atoms with Gasteiger partial charge in [0.25, 0.3) is 0 Å². The number of hydrogen-bond acceptors (Lipinski definition) is 5. The quantitative estimate of drug-likeness (QED) is 0.887. The Morgan fingerprint density at radius 1 is 1.60 bits per heavy atom. The van der Waals surface area contributed by atoms with Crippen LogP contribution in [0.2, 0.25) is 0 Å². The Hall–Kier alpha value is -0.990. The fourth-order valence-electron chi connectivity index (χ4n) is 2.27. The smallest absolute Gasteiger partial charge is 0.237 e. The molecule has 6 nitrogen and oxygen atoms in total. The largest absolute Gasteiger partial charge is 0.341 e. The van der Waals surface area contributed by atoms with Crippen molar-refractivity contribution in [3.8, 4) is 0 Å². The molecule has 0 saturated carbocycles. The van der Waals surface area contributed by atoms with Gasteiger partial charge in [-0.1, -0.05) is 0 Å². The van der Waals surface area contributed by atoms with Gasteiger partial charge in [-0.25, -0.2) is 18.1 Å². The fourth-order valence-corrected chi connectivity index (χ4v) is 3.56. The third kappa shape index (κ3) is 4.26. The maximum absolute atomic E-state index is 12.0. The Balaban J connectivity index is 1.94. The Morgan fingerprint density at radius 2 is 2.35 bits per heavy atom. The Bertz CT molecular complexity index is 583. The predicted octanol–water partition coefficient (Wildman–Crippen LogP) is 0.707. The molecule has 0 unspecified atom stereocenters. The van der Waals surface area contributed by atoms with Crippen molar-refractivity contribution in [1.29, 1.82) is 0 Å². The normalized spacial score (nSPS) is 20.1. The maximum Gasteiger partial charge on any atom is 0.237 e. The van der Waals surface area contributed by atoms with Crippen molar-refractivity contribution >= 4 is 27.3 Å². The second-order valence-corrected chi connectivity index (χ2v) is 8.18. The molecular weight excluding hydrogens is 298 g/mol. The van der Waals surface area contributed by atoms with E-state index in [1.807, 2.05) is 13.1 Å². The van der Waals surface area contributed by atoms with Crippen LogP contribution in [0.5, 0.6) is 0 Å². The Labute approximate surface area is 123 Å². The lowest BCUT2D eigenvalue weighted by Gasteiger charge is -2.31. The van der Waals surface area contributed by atoms with Gasteiger partial charge in [0.2, 0.25) is 15.9 Å². The van der Waals surface area contributed by atoms with Crippen LogP contribution in [0.4, 0.5) is 0 Å². The van der Waals surface area contributed by atoms with E-state index < -0.39 is 10.0 Å². The molecule has 0 aromatic carbocycles. The number of aryl methyl sites for hydroxylation is 1. The van der Waals surface area contributed by atoms with Gasteiger partial charge >= 0.3 is 0 Å². The van der Waals surface area contributed by atoms with Gasteiger partial charge in [-0.3, -0.25) is 4.79 Å². The highest BCUT2D eigenvalue weighted by molar-refractivity contribution is 7.88. The van der Waals surface area contributed by atoms with Crippen LogP contribution < -0.4 is 4.72 Å². The first kappa shape index (κ1) is 15.4. The molecule has 2 heterocycles. The highest BCUT2D eigenvalue weighted by Crippen LogP contribution is 2.29. The highest BCUT2D eigenvalue weighted by atomic mass is 32.2. The lowest BCUT2D eigenvalue weighted by atomic mass is 9.99. The number of likely N-dealkylation sites (tertiary alicyclic amines) is 1. The van der Waals surface area contributed by atoms with Crippen LogP contribution in [0.3, 0.4) is 0 Å². The van der Waals surface area contributed by atoms with Crippen molar-refractivity contribution in [2.24, 2.45) is 0 Å². The summed E-state index contributed by atoms with van der Waals surface area (Å²) in [5, 5.41) is 1.07. The molecule has 1 fully saturated rings. The number of carbonyl (C=O) groups is 1. The number of aromatic nitrogens is 1. The lowest BCUT2D eigenvalue weighted by molar-refractivity contribution is -0.131. The summed E-state index contributed by atoms with van der Waals surface area (Å²) in [7, 11) is -3.33. The van der Waals surface area contributed by atoms with Crippen LogP contribution in [-0.4, -0.2) is 50.1 Å². The zero-order valence-corrected chi connectivity index (χ0v) is 13.3. The summed E-state index contributed by atoms with van der Waals surface area (Å²) < 4.78 is 24.3. The average molecular weight is 317 g/mol. The van der Waals surface area contributed by atoms with Gasteiger partial charge in [0.15, 0.2) is 0 Å². The number of hydrogen-bond donors (Lipinski definition) is 1. The first-order valence-corrected chi connectivity index (χ1v) is 9.20. The number of thiazole rings is 1. The van der Waals surface area contributed by atoms with Gasteiger partial charge in [-0.05, 0) is 19.8 Å². The molecule has 0 aliphatic carbocycles. The summed E-state index contributed by atoms with van der Waals surface area (Å²) in [5.41, 5.74) is 0. The summed E-state index contributed by atoms with van der Waals surface area (Å²) >= 11 is 1.67. The van der Waals surface area contributed by atoms with Gasteiger partial charge in [0.05, 0.1) is 17.8 Å². The molecule has 0 spiro atoms. The number of piperidine rings is 1. The van der Waals surface area contributed by atoms with Gasteiger partial charge < -0.3 is 4.90 Å². The Kier molecular flexibility index (Phi) is 4.77. The molecule has 1 atom stereocenters. The number of amides is 1. The number of rotatable bonds is 4. The molecular formula is C12H19N3O3S2. The number of carbonyl (C=O) groups excluding carboxylic acids is 1. The van der Waals surface area contributed by atoms with Crippen molar-refractivity contribution in [2.75, 3.05) is 25.9 Å². The molecule has 1 aliphatic rings. The van der Waals surface area contributed by atoms with Crippen LogP contribution in [0.25, 0.3) is 0 Å². The molecule has 0 radical (unpaired) electrons. The van der Waals surface area contributed by atoms with Crippen LogP contribution in [0.1, 0.15) is 28.6 Å². The van der Waals surface area contributed by atoms with Crippen molar-refractivity contribution < 1.29 is 13.2 Å². The van der Waals surface area contributed by atoms with E-state index in [1.54, 1.807) is 16.2 Å². The second-order valence-electron chi connectivity index (χ2n) is 5.08. The van der Waals surface area contributed by atoms with Crippen molar-refractivity contribution in [1.82, 2.24) is 14.6 Å². The first-order chi connectivity index (χ1) is 9.35. The molecule has 1 aromatic rings. The van der Waals surface area contributed by atoms with E-state index in [0.29, 0.717) is 13.1 Å². The molecule has 1 amide bonds. The van der Waals surface area contributed by atoms with Gasteiger partial charge in [-0.2, -0.15) is 0 Å². The zero-order valence-electron chi connectivity index (χ0n) is 11.6. The minimum Gasteiger partial charge on any atom is -0.341 e. The topological polar surface area (TPSA) is 79.4 Å². The van der Waals surface area contributed by atoms with Crippen molar-refractivity contribution in [3.63, 3.8) is 0 Å². The summed E-state index contributed by atoms with van der Waals surface area (Å²) in [6.45, 7) is 3.16. The van der Waals surface area contributed by atoms with Gasteiger partial charge in [-0.15, -0.1) is 11.3 Å². The SMILES string of the molecule is Cc1cnc([C@H]2CCCN(C(=O)CNS(C)(=O)=O)C2)s1. The minimum atomic E-state index is -3.33. The maximum atomic E-state index is 12.0. The molecule has 2 rings (SSSR count). The number of sulfonamides is 1. The monoisotopic (exact) mass is 317 g/mol. The first-order valence-electron chi connectivity index (χ1n) is 6.50. The Morgan fingerprint density at radius 3 is 2.95 bits per heavy atom. The summed E-state index contributed by atoms with van der Waals surface area (Å²) in [6, 6.07) is 0. The number of nitrogens with zero attached hydrogens (tertiary/aromatic N) is 2. The van der Waals surface area contributed by atoms with Gasteiger partial charge in [0, 0.05) is 30.1 Å². The molecule has 1 aliphatic heterocycles. The average Bonchev–Trinajstić information content (AvgIpc) is 2.82. The molecule has 20 heavy (non-hydrogen) atoms. The molecule has 0 bridgehead atoms. The molecule has 8 heteroatoms. The van der Waals surface area contributed by atoms with Crippen LogP contribution >= 0.6 is 11.3 Å². The van der Waals surface area contributed by atoms with Crippen LogP contribution in [0.15, 0.2) is 6.20 Å². The summed E-state index contributed by atoms with van der Waals surface area (Å²) in [5.74, 6) is 0.0954. The standard InChI is InChI=1S/C12H19N3O3S2/c1-9-6-13-12(19-9)10-4-3-5-15(8-10)11(16)7-14-20(2,17)18/h6,10,14H,3-5,7-8H2,1-2H3/t10-/m0/s1. The molecule has 1 N–H and O–H groups in total. The van der Waals surface area contributed by atoms with E-state index in [-0.39, 0.29) is 18.4 Å². The summed E-state index contributed by atoms with van der Waals surface area (Å²) in [4.78, 5) is 19.3. The van der Waals surface area contributed by atoms with Crippen LogP contribution in [0, 0.1) is 6.92 Å². The highest BCUT2D eigenvalue weighted by Gasteiger charge is 2.26. The second kappa shape index (κ2) is 6.19. The molecule has 1 saturated heterocycles. The van der Waals surface area contributed by atoms with E-state index in [0.717, 1.165) is 24.1 Å². The molecule has 112 valence electrons. The molecule has 1 aromatic heterocycles. The summed E-state index contributed by atoms with van der Waals surface area (Å²) in [6.07, 6.45) is 4.85. The van der Waals surface area contributed by atoms with Crippen molar-refractivity contribution in [2.45, 2.75) is 25.7 Å². The van der Waals surface area contributed by atoms with E-state index in [4.69, 9.17) is 0 Å². The predicted molar refractivity (Wildman–Crippen MR) is 78.3 cm³/mol. The third-order valence-electron chi connectivity index (χ3n) is 3.25. The van der Waals surface area contributed by atoms with E-state index in [2.05, 4.69) is 9.71 Å². The van der Waals surface area contributed by atoms with E-state index >= 15 is 0 Å². The third-order valence-corrected chi connectivity index (χ3v) is 4.99. The van der Waals surface area contributed by atoms with Crippen molar-refractivity contribution in [3.05, 3.63) is 16.1 Å². The van der Waals surface area contributed by atoms with Crippen LogP contribution in [-0.2, 0) is 14.8 Å².